The molecule has 0 aliphatic heterocycles. The van der Waals surface area contributed by atoms with E-state index in [1.807, 2.05) is 37.3 Å². The minimum Gasteiger partial charge on any atom is -0.391 e. The van der Waals surface area contributed by atoms with Gasteiger partial charge in [0.05, 0.1) is 12.6 Å². The van der Waals surface area contributed by atoms with Gasteiger partial charge in [0.2, 0.25) is 0 Å². The van der Waals surface area contributed by atoms with E-state index >= 15 is 0 Å². The van der Waals surface area contributed by atoms with Crippen molar-refractivity contribution in [1.29, 1.82) is 0 Å². The highest BCUT2D eigenvalue weighted by Crippen LogP contribution is 2.04. The molecule has 0 saturated carbocycles. The van der Waals surface area contributed by atoms with Crippen LogP contribution in [0.3, 0.4) is 0 Å². The molecule has 0 aliphatic carbocycles. The van der Waals surface area contributed by atoms with E-state index in [1.54, 1.807) is 4.68 Å². The summed E-state index contributed by atoms with van der Waals surface area (Å²) in [7, 11) is 0. The van der Waals surface area contributed by atoms with Crippen molar-refractivity contribution in [2.45, 2.75) is 26.0 Å². The fraction of sp³-hybridized carbons (Fsp3) is 0.364. The average Bonchev–Trinajstić information content (AvgIpc) is 2.66. The van der Waals surface area contributed by atoms with Gasteiger partial charge >= 0.3 is 0 Å². The Morgan fingerprint density at radius 3 is 2.69 bits per heavy atom. The predicted molar refractivity (Wildman–Crippen MR) is 58.7 cm³/mol. The predicted octanol–water partition coefficient (Wildman–Crippen LogP) is 0.585. The van der Waals surface area contributed by atoms with Crippen molar-refractivity contribution in [2.24, 2.45) is 0 Å². The van der Waals surface area contributed by atoms with Crippen LogP contribution in [-0.4, -0.2) is 31.4 Å². The van der Waals surface area contributed by atoms with Gasteiger partial charge in [0, 0.05) is 6.42 Å². The number of tetrazole rings is 1. The van der Waals surface area contributed by atoms with Crippen LogP contribution in [0.1, 0.15) is 11.4 Å². The average molecular weight is 218 g/mol. The Bertz CT molecular complexity index is 440. The minimum absolute atomic E-state index is 0.424. The molecule has 0 saturated heterocycles. The van der Waals surface area contributed by atoms with Crippen molar-refractivity contribution in [3.63, 3.8) is 0 Å². The molecule has 0 amide bonds. The molecule has 2 rings (SSSR count). The Balaban J connectivity index is 1.95. The number of hydrogen-bond donors (Lipinski definition) is 1. The molecule has 1 aromatic heterocycles. The summed E-state index contributed by atoms with van der Waals surface area (Å²) in [6.07, 6.45) is 0.143. The van der Waals surface area contributed by atoms with Gasteiger partial charge in [-0.05, 0) is 22.9 Å². The summed E-state index contributed by atoms with van der Waals surface area (Å²) in [5.41, 5.74) is 1.11. The SMILES string of the molecule is Cc1nnnn1C[C@H](O)Cc1ccccc1. The quantitative estimate of drug-likeness (QED) is 0.815. The minimum atomic E-state index is -0.468. The third-order valence-corrected chi connectivity index (χ3v) is 2.41. The molecule has 0 unspecified atom stereocenters. The van der Waals surface area contributed by atoms with Crippen molar-refractivity contribution in [1.82, 2.24) is 20.2 Å². The van der Waals surface area contributed by atoms with Gasteiger partial charge in [-0.1, -0.05) is 30.3 Å². The molecule has 0 spiro atoms. The van der Waals surface area contributed by atoms with Gasteiger partial charge < -0.3 is 5.11 Å². The number of nitrogens with zero attached hydrogens (tertiary/aromatic N) is 4. The maximum Gasteiger partial charge on any atom is 0.148 e. The first kappa shape index (κ1) is 10.8. The topological polar surface area (TPSA) is 63.8 Å². The molecule has 1 N–H and O–H groups in total. The van der Waals surface area contributed by atoms with Gasteiger partial charge in [0.1, 0.15) is 5.82 Å². The highest BCUT2D eigenvalue weighted by atomic mass is 16.3. The van der Waals surface area contributed by atoms with Gasteiger partial charge in [-0.2, -0.15) is 0 Å². The van der Waals surface area contributed by atoms with Crippen LogP contribution < -0.4 is 0 Å². The Labute approximate surface area is 93.7 Å². The molecule has 1 atom stereocenters. The molecule has 5 heteroatoms. The van der Waals surface area contributed by atoms with E-state index in [0.717, 1.165) is 5.56 Å². The van der Waals surface area contributed by atoms with E-state index in [1.165, 1.54) is 0 Å². The molecule has 1 aromatic carbocycles. The molecule has 5 nitrogen and oxygen atoms in total. The molecule has 1 heterocycles. The summed E-state index contributed by atoms with van der Waals surface area (Å²) in [6, 6.07) is 9.88. The summed E-state index contributed by atoms with van der Waals surface area (Å²) >= 11 is 0. The molecule has 84 valence electrons. The van der Waals surface area contributed by atoms with E-state index in [4.69, 9.17) is 0 Å². The number of aliphatic hydroxyl groups is 1. The number of benzene rings is 1. The Morgan fingerprint density at radius 2 is 2.06 bits per heavy atom. The Kier molecular flexibility index (Phi) is 3.26. The second-order valence-electron chi connectivity index (χ2n) is 3.75. The van der Waals surface area contributed by atoms with Crippen LogP contribution >= 0.6 is 0 Å². The second kappa shape index (κ2) is 4.85. The summed E-state index contributed by atoms with van der Waals surface area (Å²) in [5, 5.41) is 21.0. The van der Waals surface area contributed by atoms with E-state index in [-0.39, 0.29) is 0 Å². The molecule has 0 bridgehead atoms. The fourth-order valence-electron chi connectivity index (χ4n) is 1.57. The van der Waals surface area contributed by atoms with E-state index in [0.29, 0.717) is 18.8 Å². The van der Waals surface area contributed by atoms with Crippen molar-refractivity contribution >= 4 is 0 Å². The molecule has 0 aliphatic rings. The van der Waals surface area contributed by atoms with Crippen LogP contribution in [0.15, 0.2) is 30.3 Å². The molecular weight excluding hydrogens is 204 g/mol. The van der Waals surface area contributed by atoms with Crippen molar-refractivity contribution in [3.8, 4) is 0 Å². The van der Waals surface area contributed by atoms with Crippen LogP contribution in [0.2, 0.25) is 0 Å². The zero-order valence-electron chi connectivity index (χ0n) is 9.11. The lowest BCUT2D eigenvalue weighted by Crippen LogP contribution is -2.20. The second-order valence-corrected chi connectivity index (χ2v) is 3.75. The summed E-state index contributed by atoms with van der Waals surface area (Å²) in [6.45, 7) is 2.24. The van der Waals surface area contributed by atoms with Crippen LogP contribution in [-0.2, 0) is 13.0 Å². The van der Waals surface area contributed by atoms with E-state index in [2.05, 4.69) is 15.5 Å². The van der Waals surface area contributed by atoms with Crippen LogP contribution in [0.5, 0.6) is 0 Å². The lowest BCUT2D eigenvalue weighted by atomic mass is 10.1. The first-order chi connectivity index (χ1) is 7.75. The fourth-order valence-corrected chi connectivity index (χ4v) is 1.57. The summed E-state index contributed by atoms with van der Waals surface area (Å²) in [5.74, 6) is 0.715. The first-order valence-corrected chi connectivity index (χ1v) is 5.20. The van der Waals surface area contributed by atoms with Crippen molar-refractivity contribution < 1.29 is 5.11 Å². The number of aromatic nitrogens is 4. The summed E-state index contributed by atoms with van der Waals surface area (Å²) < 4.78 is 1.60. The van der Waals surface area contributed by atoms with Gasteiger partial charge in [-0.25, -0.2) is 4.68 Å². The van der Waals surface area contributed by atoms with Gasteiger partial charge in [0.15, 0.2) is 0 Å². The standard InChI is InChI=1S/C11H14N4O/c1-9-12-13-14-15(9)8-11(16)7-10-5-3-2-4-6-10/h2-6,11,16H,7-8H2,1H3/t11-/m1/s1. The smallest absolute Gasteiger partial charge is 0.148 e. The van der Waals surface area contributed by atoms with Crippen LogP contribution in [0.25, 0.3) is 0 Å². The largest absolute Gasteiger partial charge is 0.391 e. The number of hydrogen-bond acceptors (Lipinski definition) is 4. The van der Waals surface area contributed by atoms with Gasteiger partial charge in [0.25, 0.3) is 0 Å². The number of aryl methyl sites for hydroxylation is 1. The number of rotatable bonds is 4. The maximum atomic E-state index is 9.88. The molecule has 2 aromatic rings. The molecule has 0 radical (unpaired) electrons. The molecular formula is C11H14N4O. The van der Waals surface area contributed by atoms with E-state index < -0.39 is 6.10 Å². The van der Waals surface area contributed by atoms with Crippen LogP contribution in [0.4, 0.5) is 0 Å². The lowest BCUT2D eigenvalue weighted by molar-refractivity contribution is 0.147. The monoisotopic (exact) mass is 218 g/mol. The number of aliphatic hydroxyl groups excluding tert-OH is 1. The zero-order chi connectivity index (χ0) is 11.4. The van der Waals surface area contributed by atoms with Gasteiger partial charge in [-0.3, -0.25) is 0 Å². The van der Waals surface area contributed by atoms with Gasteiger partial charge in [-0.15, -0.1) is 5.10 Å². The van der Waals surface area contributed by atoms with Crippen molar-refractivity contribution in [3.05, 3.63) is 41.7 Å². The third kappa shape index (κ3) is 2.64. The lowest BCUT2D eigenvalue weighted by Gasteiger charge is -2.10. The highest BCUT2D eigenvalue weighted by molar-refractivity contribution is 5.15. The normalized spacial score (nSPS) is 12.6. The highest BCUT2D eigenvalue weighted by Gasteiger charge is 2.09. The van der Waals surface area contributed by atoms with E-state index in [9.17, 15) is 5.11 Å². The van der Waals surface area contributed by atoms with Crippen molar-refractivity contribution in [2.75, 3.05) is 0 Å². The Morgan fingerprint density at radius 1 is 1.31 bits per heavy atom. The van der Waals surface area contributed by atoms with Crippen LogP contribution in [0, 0.1) is 6.92 Å². The first-order valence-electron chi connectivity index (χ1n) is 5.20. The molecule has 0 fully saturated rings. The zero-order valence-corrected chi connectivity index (χ0v) is 9.11. The third-order valence-electron chi connectivity index (χ3n) is 2.41. The summed E-state index contributed by atoms with van der Waals surface area (Å²) in [4.78, 5) is 0. The molecule has 16 heavy (non-hydrogen) atoms. The Hall–Kier alpha value is -1.75. The maximum absolute atomic E-state index is 9.88.